The van der Waals surface area contributed by atoms with Crippen molar-refractivity contribution in [2.24, 2.45) is 11.3 Å². The topological polar surface area (TPSA) is 141 Å². The molecule has 11 nitrogen and oxygen atoms in total. The molecule has 13 heteroatoms. The van der Waals surface area contributed by atoms with Crippen LogP contribution >= 0.6 is 0 Å². The first-order valence-corrected chi connectivity index (χ1v) is 15.0. The molecule has 2 aromatic carbocycles. The number of hydrogen-bond donors (Lipinski definition) is 2. The number of benzene rings is 2. The molecule has 4 aromatic rings. The van der Waals surface area contributed by atoms with Crippen LogP contribution in [0.2, 0.25) is 0 Å². The molecule has 0 atom stereocenters. The molecule has 1 fully saturated rings. The second-order valence-electron chi connectivity index (χ2n) is 12.3. The number of carbonyl (C=O) groups excluding carboxylic acids is 2. The Bertz CT molecular complexity index is 1640. The van der Waals surface area contributed by atoms with Gasteiger partial charge in [-0.3, -0.25) is 9.59 Å². The molecular formula is C33H36F2N6O5. The minimum atomic E-state index is -0.952. The molecule has 2 heterocycles. The fraction of sp³-hybridized carbons (Fsp3) is 0.394. The average molecular weight is 635 g/mol. The standard InChI is InChI=1S/C33H36F2N6O5/c1-33(2,3)32(43)37-27-14-13-26(39-40-27)29-38-31(46-41-29)21-9-5-19(6-10-21)17-36-30(42)22-15-24(34)28(25(35)16-22)45-18-20-7-11-23(44-4)12-8-20/h7-8,11-16,19,21H,5-6,9-10,17-18H2,1-4H3,(H,36,42)(H,37,40,43)/t19-,21-. The summed E-state index contributed by atoms with van der Waals surface area (Å²) in [4.78, 5) is 29.4. The second-order valence-corrected chi connectivity index (χ2v) is 12.3. The Morgan fingerprint density at radius 2 is 1.67 bits per heavy atom. The number of ether oxygens (including phenoxy) is 2. The maximum absolute atomic E-state index is 14.7. The number of nitrogens with zero attached hydrogens (tertiary/aromatic N) is 4. The van der Waals surface area contributed by atoms with Crippen molar-refractivity contribution in [1.29, 1.82) is 0 Å². The predicted octanol–water partition coefficient (Wildman–Crippen LogP) is 6.08. The molecule has 242 valence electrons. The molecule has 2 N–H and O–H groups in total. The van der Waals surface area contributed by atoms with E-state index in [4.69, 9.17) is 14.0 Å². The maximum atomic E-state index is 14.7. The average Bonchev–Trinajstić information content (AvgIpc) is 3.54. The first-order chi connectivity index (χ1) is 22.0. The maximum Gasteiger partial charge on any atom is 0.251 e. The predicted molar refractivity (Wildman–Crippen MR) is 164 cm³/mol. The van der Waals surface area contributed by atoms with Crippen molar-refractivity contribution < 1.29 is 32.4 Å². The molecule has 2 amide bonds. The first kappa shape index (κ1) is 32.5. The van der Waals surface area contributed by atoms with Crippen molar-refractivity contribution in [3.63, 3.8) is 0 Å². The third kappa shape index (κ3) is 8.01. The van der Waals surface area contributed by atoms with Crippen molar-refractivity contribution >= 4 is 17.6 Å². The molecule has 1 saturated carbocycles. The Hall–Kier alpha value is -4.94. The van der Waals surface area contributed by atoms with Crippen LogP contribution in [0.4, 0.5) is 14.6 Å². The van der Waals surface area contributed by atoms with Crippen molar-refractivity contribution in [3.8, 4) is 23.0 Å². The Morgan fingerprint density at radius 1 is 0.978 bits per heavy atom. The quantitative estimate of drug-likeness (QED) is 0.212. The van der Waals surface area contributed by atoms with Gasteiger partial charge in [0, 0.05) is 23.4 Å². The zero-order chi connectivity index (χ0) is 32.8. The Morgan fingerprint density at radius 3 is 2.28 bits per heavy atom. The fourth-order valence-electron chi connectivity index (χ4n) is 4.99. The van der Waals surface area contributed by atoms with Crippen LogP contribution in [0, 0.1) is 23.0 Å². The van der Waals surface area contributed by atoms with Crippen LogP contribution in [0.25, 0.3) is 11.5 Å². The highest BCUT2D eigenvalue weighted by atomic mass is 19.1. The van der Waals surface area contributed by atoms with Crippen LogP contribution in [0.1, 0.15) is 74.2 Å². The monoisotopic (exact) mass is 634 g/mol. The Kier molecular flexibility index (Phi) is 9.88. The van der Waals surface area contributed by atoms with Crippen LogP contribution < -0.4 is 20.1 Å². The van der Waals surface area contributed by atoms with Crippen molar-refractivity contribution in [2.45, 2.75) is 59.0 Å². The summed E-state index contributed by atoms with van der Waals surface area (Å²) in [5, 5.41) is 17.7. The highest BCUT2D eigenvalue weighted by Gasteiger charge is 2.28. The van der Waals surface area contributed by atoms with E-state index in [1.807, 2.05) is 20.8 Å². The van der Waals surface area contributed by atoms with Crippen LogP contribution in [0.3, 0.4) is 0 Å². The molecule has 0 aliphatic heterocycles. The van der Waals surface area contributed by atoms with Crippen molar-refractivity contribution in [1.82, 2.24) is 25.7 Å². The number of anilines is 1. The van der Waals surface area contributed by atoms with Gasteiger partial charge in [-0.1, -0.05) is 38.1 Å². The zero-order valence-corrected chi connectivity index (χ0v) is 26.1. The summed E-state index contributed by atoms with van der Waals surface area (Å²) in [5.41, 5.74) is 0.448. The summed E-state index contributed by atoms with van der Waals surface area (Å²) < 4.78 is 45.4. The summed E-state index contributed by atoms with van der Waals surface area (Å²) in [7, 11) is 1.55. The minimum absolute atomic E-state index is 0.0448. The van der Waals surface area contributed by atoms with E-state index in [1.165, 1.54) is 0 Å². The molecule has 0 spiro atoms. The summed E-state index contributed by atoms with van der Waals surface area (Å²) in [5.74, 6) is -1.13. The normalized spacial score (nSPS) is 16.5. The highest BCUT2D eigenvalue weighted by Crippen LogP contribution is 2.35. The van der Waals surface area contributed by atoms with Crippen molar-refractivity contribution in [2.75, 3.05) is 19.0 Å². The van der Waals surface area contributed by atoms with E-state index in [1.54, 1.807) is 43.5 Å². The van der Waals surface area contributed by atoms with E-state index in [2.05, 4.69) is 31.0 Å². The Labute approximate surface area is 265 Å². The van der Waals surface area contributed by atoms with Gasteiger partial charge in [0.25, 0.3) is 5.91 Å². The van der Waals surface area contributed by atoms with Gasteiger partial charge < -0.3 is 24.6 Å². The molecule has 0 bridgehead atoms. The van der Waals surface area contributed by atoms with Gasteiger partial charge in [-0.25, -0.2) is 8.78 Å². The van der Waals surface area contributed by atoms with E-state index < -0.39 is 28.7 Å². The third-order valence-corrected chi connectivity index (χ3v) is 7.81. The second kappa shape index (κ2) is 14.0. The lowest BCUT2D eigenvalue weighted by Crippen LogP contribution is -2.31. The number of methoxy groups -OCH3 is 1. The molecule has 1 aliphatic rings. The van der Waals surface area contributed by atoms with Crippen LogP contribution in [0.5, 0.6) is 11.5 Å². The molecule has 0 unspecified atom stereocenters. The van der Waals surface area contributed by atoms with Gasteiger partial charge in [0.15, 0.2) is 23.2 Å². The lowest BCUT2D eigenvalue weighted by molar-refractivity contribution is -0.123. The van der Waals surface area contributed by atoms with E-state index in [-0.39, 0.29) is 29.9 Å². The molecule has 1 aliphatic carbocycles. The minimum Gasteiger partial charge on any atom is -0.497 e. The highest BCUT2D eigenvalue weighted by molar-refractivity contribution is 5.94. The SMILES string of the molecule is COc1ccc(COc2c(F)cc(C(=O)NC[C@H]3CC[C@H](c4nc(-c5ccc(NC(=O)C(C)(C)C)nn5)no4)CC3)cc2F)cc1. The largest absolute Gasteiger partial charge is 0.497 e. The van der Waals surface area contributed by atoms with Crippen molar-refractivity contribution in [3.05, 3.63) is 77.2 Å². The molecule has 2 aromatic heterocycles. The van der Waals surface area contributed by atoms with E-state index in [9.17, 15) is 18.4 Å². The summed E-state index contributed by atoms with van der Waals surface area (Å²) >= 11 is 0. The zero-order valence-electron chi connectivity index (χ0n) is 26.1. The van der Waals surface area contributed by atoms with Gasteiger partial charge in [0.1, 0.15) is 18.1 Å². The smallest absolute Gasteiger partial charge is 0.251 e. The molecular weight excluding hydrogens is 598 g/mol. The van der Waals surface area contributed by atoms with Crippen LogP contribution in [0.15, 0.2) is 53.1 Å². The number of rotatable bonds is 10. The lowest BCUT2D eigenvalue weighted by Gasteiger charge is -2.26. The number of aromatic nitrogens is 4. The number of hydrogen-bond acceptors (Lipinski definition) is 9. The lowest BCUT2D eigenvalue weighted by atomic mass is 9.82. The van der Waals surface area contributed by atoms with E-state index in [0.29, 0.717) is 41.1 Å². The van der Waals surface area contributed by atoms with Crippen LogP contribution in [-0.4, -0.2) is 45.8 Å². The summed E-state index contributed by atoms with van der Waals surface area (Å²) in [6.07, 6.45) is 3.14. The number of nitrogens with one attached hydrogen (secondary N) is 2. The molecule has 46 heavy (non-hydrogen) atoms. The number of carbonyl (C=O) groups is 2. The fourth-order valence-corrected chi connectivity index (χ4v) is 4.99. The summed E-state index contributed by atoms with van der Waals surface area (Å²) in [6.45, 7) is 5.75. The van der Waals surface area contributed by atoms with Gasteiger partial charge in [0.2, 0.25) is 17.6 Å². The number of amides is 2. The molecule has 5 rings (SSSR count). The van der Waals surface area contributed by atoms with Gasteiger partial charge in [-0.15, -0.1) is 10.2 Å². The van der Waals surface area contributed by atoms with E-state index in [0.717, 1.165) is 37.8 Å². The summed E-state index contributed by atoms with van der Waals surface area (Å²) in [6, 6.07) is 12.2. The molecule has 0 radical (unpaired) electrons. The van der Waals surface area contributed by atoms with Gasteiger partial charge in [-0.05, 0) is 73.6 Å². The Balaban J connectivity index is 1.09. The van der Waals surface area contributed by atoms with Gasteiger partial charge >= 0.3 is 0 Å². The van der Waals surface area contributed by atoms with E-state index >= 15 is 0 Å². The van der Waals surface area contributed by atoms with Crippen LogP contribution in [-0.2, 0) is 11.4 Å². The number of halogens is 2. The third-order valence-electron chi connectivity index (χ3n) is 7.81. The van der Waals surface area contributed by atoms with Gasteiger partial charge in [-0.2, -0.15) is 4.98 Å². The molecule has 0 saturated heterocycles. The van der Waals surface area contributed by atoms with Gasteiger partial charge in [0.05, 0.1) is 7.11 Å². The first-order valence-electron chi connectivity index (χ1n) is 15.0.